The van der Waals surface area contributed by atoms with Crippen molar-refractivity contribution < 1.29 is 4.79 Å². The average molecular weight is 330 g/mol. The average Bonchev–Trinajstić information content (AvgIpc) is 3.13. The van der Waals surface area contributed by atoms with Gasteiger partial charge in [0, 0.05) is 5.69 Å². The highest BCUT2D eigenvalue weighted by Gasteiger charge is 2.10. The monoisotopic (exact) mass is 330 g/mol. The summed E-state index contributed by atoms with van der Waals surface area (Å²) < 4.78 is 0. The van der Waals surface area contributed by atoms with E-state index in [0.717, 1.165) is 21.1 Å². The Balaban J connectivity index is 1.65. The predicted octanol–water partition coefficient (Wildman–Crippen LogP) is 4.53. The van der Waals surface area contributed by atoms with Gasteiger partial charge in [-0.05, 0) is 48.6 Å². The molecule has 5 nitrogen and oxygen atoms in total. The number of hydrogen-bond acceptors (Lipinski definition) is 5. The lowest BCUT2D eigenvalue weighted by molar-refractivity contribution is 0.262. The third kappa shape index (κ3) is 3.32. The molecule has 2 aromatic heterocycles. The zero-order valence-electron chi connectivity index (χ0n) is 12.1. The molecule has 0 spiro atoms. The molecule has 3 aromatic rings. The van der Waals surface area contributed by atoms with Gasteiger partial charge in [-0.2, -0.15) is 0 Å². The predicted molar refractivity (Wildman–Crippen MR) is 91.8 cm³/mol. The third-order valence-electron chi connectivity index (χ3n) is 3.14. The minimum Gasteiger partial charge on any atom is -0.308 e. The van der Waals surface area contributed by atoms with E-state index in [1.807, 2.05) is 49.6 Å². The zero-order chi connectivity index (χ0) is 15.5. The molecule has 2 N–H and O–H groups in total. The fourth-order valence-corrected chi connectivity index (χ4v) is 3.38. The molecule has 0 unspecified atom stereocenters. The summed E-state index contributed by atoms with van der Waals surface area (Å²) in [6.07, 6.45) is 0. The van der Waals surface area contributed by atoms with Crippen LogP contribution in [0.4, 0.5) is 15.6 Å². The Morgan fingerprint density at radius 1 is 1.09 bits per heavy atom. The Kier molecular flexibility index (Phi) is 4.17. The van der Waals surface area contributed by atoms with Crippen LogP contribution >= 0.6 is 22.7 Å². The smallest absolute Gasteiger partial charge is 0.308 e. The largest absolute Gasteiger partial charge is 0.325 e. The lowest BCUT2D eigenvalue weighted by atomic mass is 10.1. The van der Waals surface area contributed by atoms with Crippen LogP contribution in [0.2, 0.25) is 0 Å². The third-order valence-corrected chi connectivity index (χ3v) is 5.02. The van der Waals surface area contributed by atoms with Gasteiger partial charge in [-0.3, -0.25) is 5.32 Å². The van der Waals surface area contributed by atoms with Crippen molar-refractivity contribution in [3.05, 3.63) is 46.8 Å². The van der Waals surface area contributed by atoms with Crippen LogP contribution in [0, 0.1) is 13.8 Å². The molecule has 3 rings (SSSR count). The highest BCUT2D eigenvalue weighted by atomic mass is 32.1. The molecule has 0 bridgehead atoms. The summed E-state index contributed by atoms with van der Waals surface area (Å²) in [6, 6.07) is 9.40. The maximum Gasteiger partial charge on any atom is 0.325 e. The molecule has 22 heavy (non-hydrogen) atoms. The highest BCUT2D eigenvalue weighted by molar-refractivity contribution is 7.23. The number of amides is 2. The van der Waals surface area contributed by atoms with Gasteiger partial charge in [0.1, 0.15) is 0 Å². The number of thiophene rings is 1. The number of hydrogen-bond donors (Lipinski definition) is 2. The molecule has 0 radical (unpaired) electrons. The van der Waals surface area contributed by atoms with Crippen molar-refractivity contribution in [3.63, 3.8) is 0 Å². The van der Waals surface area contributed by atoms with Gasteiger partial charge in [0.15, 0.2) is 5.01 Å². The maximum atomic E-state index is 12.0. The molecule has 0 aliphatic heterocycles. The SMILES string of the molecule is Cc1ccc(NC(=O)Nc2nnc(-c3cccs3)s2)cc1C. The maximum absolute atomic E-state index is 12.0. The molecule has 2 heterocycles. The van der Waals surface area contributed by atoms with E-state index in [1.165, 1.54) is 16.9 Å². The highest BCUT2D eigenvalue weighted by Crippen LogP contribution is 2.29. The van der Waals surface area contributed by atoms with Crippen LogP contribution < -0.4 is 10.6 Å². The molecule has 0 aliphatic carbocycles. The Morgan fingerprint density at radius 2 is 1.95 bits per heavy atom. The van der Waals surface area contributed by atoms with Gasteiger partial charge >= 0.3 is 6.03 Å². The van der Waals surface area contributed by atoms with Crippen LogP contribution in [-0.2, 0) is 0 Å². The molecular weight excluding hydrogens is 316 g/mol. The van der Waals surface area contributed by atoms with Gasteiger partial charge in [-0.15, -0.1) is 21.5 Å². The lowest BCUT2D eigenvalue weighted by Gasteiger charge is -2.07. The molecule has 0 saturated carbocycles. The molecule has 112 valence electrons. The Morgan fingerprint density at radius 3 is 2.68 bits per heavy atom. The van der Waals surface area contributed by atoms with E-state index in [9.17, 15) is 4.79 Å². The van der Waals surface area contributed by atoms with Crippen molar-refractivity contribution >= 4 is 39.5 Å². The molecule has 2 amide bonds. The second kappa shape index (κ2) is 6.25. The number of aromatic nitrogens is 2. The number of anilines is 2. The Labute approximate surface area is 136 Å². The first-order valence-electron chi connectivity index (χ1n) is 6.64. The van der Waals surface area contributed by atoms with Crippen LogP contribution in [0.25, 0.3) is 9.88 Å². The standard InChI is InChI=1S/C15H14N4OS2/c1-9-5-6-11(8-10(9)2)16-14(20)17-15-19-18-13(22-15)12-4-3-7-21-12/h3-8H,1-2H3,(H2,16,17,19,20). The van der Waals surface area contributed by atoms with Gasteiger partial charge in [0.25, 0.3) is 0 Å². The summed E-state index contributed by atoms with van der Waals surface area (Å²) in [5.74, 6) is 0. The minimum absolute atomic E-state index is 0.322. The topological polar surface area (TPSA) is 66.9 Å². The Hall–Kier alpha value is -2.25. The van der Waals surface area contributed by atoms with E-state index in [2.05, 4.69) is 20.8 Å². The first-order valence-corrected chi connectivity index (χ1v) is 8.34. The second-order valence-electron chi connectivity index (χ2n) is 4.77. The summed E-state index contributed by atoms with van der Waals surface area (Å²) in [5, 5.41) is 16.8. The molecule has 1 aromatic carbocycles. The van der Waals surface area contributed by atoms with Gasteiger partial charge in [-0.1, -0.05) is 23.5 Å². The number of aryl methyl sites for hydroxylation is 2. The molecule has 0 fully saturated rings. The van der Waals surface area contributed by atoms with Crippen molar-refractivity contribution in [3.8, 4) is 9.88 Å². The Bertz CT molecular complexity index is 796. The van der Waals surface area contributed by atoms with Crippen LogP contribution in [0.15, 0.2) is 35.7 Å². The second-order valence-corrected chi connectivity index (χ2v) is 6.69. The van der Waals surface area contributed by atoms with Crippen LogP contribution in [0.1, 0.15) is 11.1 Å². The van der Waals surface area contributed by atoms with Crippen molar-refractivity contribution in [2.75, 3.05) is 10.6 Å². The molecule has 0 atom stereocenters. The summed E-state index contributed by atoms with van der Waals surface area (Å²) in [7, 11) is 0. The van der Waals surface area contributed by atoms with E-state index in [-0.39, 0.29) is 6.03 Å². The number of benzene rings is 1. The summed E-state index contributed by atoms with van der Waals surface area (Å²) in [5.41, 5.74) is 3.08. The molecule has 7 heteroatoms. The normalized spacial score (nSPS) is 10.5. The van der Waals surface area contributed by atoms with Crippen LogP contribution in [-0.4, -0.2) is 16.2 Å². The van der Waals surface area contributed by atoms with E-state index >= 15 is 0 Å². The summed E-state index contributed by atoms with van der Waals surface area (Å²) in [6.45, 7) is 4.04. The fraction of sp³-hybridized carbons (Fsp3) is 0.133. The molecular formula is C15H14N4OS2. The van der Waals surface area contributed by atoms with Gasteiger partial charge in [0.2, 0.25) is 5.13 Å². The van der Waals surface area contributed by atoms with Gasteiger partial charge in [-0.25, -0.2) is 4.79 Å². The van der Waals surface area contributed by atoms with Crippen molar-refractivity contribution in [2.45, 2.75) is 13.8 Å². The molecule has 0 aliphatic rings. The van der Waals surface area contributed by atoms with Gasteiger partial charge < -0.3 is 5.32 Å². The van der Waals surface area contributed by atoms with E-state index in [1.54, 1.807) is 11.3 Å². The number of nitrogens with one attached hydrogen (secondary N) is 2. The summed E-state index contributed by atoms with van der Waals surface area (Å²) in [4.78, 5) is 13.0. The number of rotatable bonds is 3. The fourth-order valence-electron chi connectivity index (χ4n) is 1.85. The van der Waals surface area contributed by atoms with Crippen molar-refractivity contribution in [1.82, 2.24) is 10.2 Å². The first kappa shape index (κ1) is 14.7. The number of urea groups is 1. The summed E-state index contributed by atoms with van der Waals surface area (Å²) >= 11 is 2.94. The van der Waals surface area contributed by atoms with Crippen LogP contribution in [0.5, 0.6) is 0 Å². The zero-order valence-corrected chi connectivity index (χ0v) is 13.7. The van der Waals surface area contributed by atoms with Crippen LogP contribution in [0.3, 0.4) is 0 Å². The minimum atomic E-state index is -0.322. The number of carbonyl (C=O) groups excluding carboxylic acids is 1. The number of nitrogens with zero attached hydrogens (tertiary/aromatic N) is 2. The number of carbonyl (C=O) groups is 1. The molecule has 0 saturated heterocycles. The first-order chi connectivity index (χ1) is 10.6. The van der Waals surface area contributed by atoms with Crippen molar-refractivity contribution in [2.24, 2.45) is 0 Å². The quantitative estimate of drug-likeness (QED) is 0.741. The van der Waals surface area contributed by atoms with E-state index in [4.69, 9.17) is 0 Å². The van der Waals surface area contributed by atoms with E-state index in [0.29, 0.717) is 5.13 Å². The lowest BCUT2D eigenvalue weighted by Crippen LogP contribution is -2.19. The van der Waals surface area contributed by atoms with Gasteiger partial charge in [0.05, 0.1) is 4.88 Å². The van der Waals surface area contributed by atoms with Crippen molar-refractivity contribution in [1.29, 1.82) is 0 Å². The van der Waals surface area contributed by atoms with E-state index < -0.39 is 0 Å².